The zero-order valence-electron chi connectivity index (χ0n) is 6.93. The fourth-order valence-electron chi connectivity index (χ4n) is 0.858. The molecule has 0 radical (unpaired) electrons. The zero-order chi connectivity index (χ0) is 10.8. The van der Waals surface area contributed by atoms with Gasteiger partial charge in [-0.2, -0.15) is 0 Å². The molecule has 0 aliphatic rings. The molecule has 7 heteroatoms. The van der Waals surface area contributed by atoms with E-state index in [1.807, 2.05) is 0 Å². The molecule has 1 aromatic carbocycles. The molecule has 5 N–H and O–H groups in total. The molecular weight excluding hydrogens is 199 g/mol. The summed E-state index contributed by atoms with van der Waals surface area (Å²) < 4.78 is 39.0. The molecule has 0 atom stereocenters. The van der Waals surface area contributed by atoms with Crippen molar-refractivity contribution in [3.63, 3.8) is 0 Å². The van der Waals surface area contributed by atoms with Crippen molar-refractivity contribution in [3.8, 4) is 5.75 Å². The van der Waals surface area contributed by atoms with E-state index in [4.69, 9.17) is 11.6 Å². The Bertz CT molecular complexity index is 326. The predicted octanol–water partition coefficient (Wildman–Crippen LogP) is 1.45. The summed E-state index contributed by atoms with van der Waals surface area (Å²) in [7, 11) is 0. The first-order valence-corrected chi connectivity index (χ1v) is 3.54. The van der Waals surface area contributed by atoms with Crippen molar-refractivity contribution in [2.24, 2.45) is 5.84 Å². The first-order chi connectivity index (χ1) is 6.42. The summed E-state index contributed by atoms with van der Waals surface area (Å²) in [5, 5.41) is 0. The lowest BCUT2D eigenvalue weighted by molar-refractivity contribution is -0.274. The topological polar surface area (TPSA) is 73.3 Å². The van der Waals surface area contributed by atoms with Gasteiger partial charge in [0.05, 0.1) is 11.4 Å². The van der Waals surface area contributed by atoms with Crippen molar-refractivity contribution in [1.82, 2.24) is 0 Å². The van der Waals surface area contributed by atoms with E-state index < -0.39 is 6.36 Å². The van der Waals surface area contributed by atoms with Crippen molar-refractivity contribution in [3.05, 3.63) is 18.2 Å². The van der Waals surface area contributed by atoms with Crippen LogP contribution in [0.1, 0.15) is 0 Å². The molecule has 0 bridgehead atoms. The average molecular weight is 207 g/mol. The van der Waals surface area contributed by atoms with Gasteiger partial charge in [-0.3, -0.25) is 5.84 Å². The van der Waals surface area contributed by atoms with E-state index in [0.29, 0.717) is 0 Å². The number of halogens is 3. The third-order valence-corrected chi connectivity index (χ3v) is 1.41. The zero-order valence-corrected chi connectivity index (χ0v) is 6.93. The monoisotopic (exact) mass is 207 g/mol. The Morgan fingerprint density at radius 1 is 1.29 bits per heavy atom. The molecular formula is C7H8F3N3O. The molecule has 1 rings (SSSR count). The summed E-state index contributed by atoms with van der Waals surface area (Å²) in [6.07, 6.45) is -4.72. The van der Waals surface area contributed by atoms with Crippen LogP contribution in [0.5, 0.6) is 5.75 Å². The Morgan fingerprint density at radius 3 is 2.43 bits per heavy atom. The van der Waals surface area contributed by atoms with Crippen LogP contribution >= 0.6 is 0 Å². The van der Waals surface area contributed by atoms with Gasteiger partial charge in [-0.25, -0.2) is 0 Å². The molecule has 0 unspecified atom stereocenters. The summed E-state index contributed by atoms with van der Waals surface area (Å²) >= 11 is 0. The normalized spacial score (nSPS) is 11.1. The van der Waals surface area contributed by atoms with Crippen molar-refractivity contribution < 1.29 is 17.9 Å². The maximum atomic E-state index is 11.8. The molecule has 0 saturated carbocycles. The molecule has 0 amide bonds. The van der Waals surface area contributed by atoms with E-state index in [2.05, 4.69) is 10.2 Å². The third kappa shape index (κ3) is 2.70. The molecule has 78 valence electrons. The van der Waals surface area contributed by atoms with Crippen LogP contribution in [0.4, 0.5) is 24.5 Å². The molecule has 0 aliphatic carbocycles. The lowest BCUT2D eigenvalue weighted by Crippen LogP contribution is -2.17. The quantitative estimate of drug-likeness (QED) is 0.390. The van der Waals surface area contributed by atoms with E-state index in [1.54, 1.807) is 0 Å². The number of nitrogen functional groups attached to an aromatic ring is 2. The van der Waals surface area contributed by atoms with Crippen molar-refractivity contribution in [1.29, 1.82) is 0 Å². The smallest absolute Gasteiger partial charge is 0.406 e. The second-order valence-electron chi connectivity index (χ2n) is 2.44. The number of benzene rings is 1. The number of anilines is 2. The Hall–Kier alpha value is -1.63. The fourth-order valence-corrected chi connectivity index (χ4v) is 0.858. The molecule has 0 aliphatic heterocycles. The molecule has 0 fully saturated rings. The van der Waals surface area contributed by atoms with E-state index in [0.717, 1.165) is 12.1 Å². The highest BCUT2D eigenvalue weighted by Gasteiger charge is 2.31. The summed E-state index contributed by atoms with van der Waals surface area (Å²) in [5.41, 5.74) is 7.94. The van der Waals surface area contributed by atoms with E-state index in [1.165, 1.54) is 6.07 Å². The average Bonchev–Trinajstić information content (AvgIpc) is 2.06. The first-order valence-electron chi connectivity index (χ1n) is 3.54. The van der Waals surface area contributed by atoms with Gasteiger partial charge >= 0.3 is 6.36 Å². The number of alkyl halides is 3. The fraction of sp³-hybridized carbons (Fsp3) is 0.143. The maximum absolute atomic E-state index is 11.8. The Balaban J connectivity index is 2.90. The van der Waals surface area contributed by atoms with E-state index in [9.17, 15) is 13.2 Å². The number of hydrogen-bond acceptors (Lipinski definition) is 4. The largest absolute Gasteiger partial charge is 0.573 e. The van der Waals surface area contributed by atoms with Crippen molar-refractivity contribution in [2.45, 2.75) is 6.36 Å². The van der Waals surface area contributed by atoms with Crippen LogP contribution in [0.15, 0.2) is 18.2 Å². The van der Waals surface area contributed by atoms with Crippen LogP contribution in [0.2, 0.25) is 0 Å². The molecule has 14 heavy (non-hydrogen) atoms. The number of ether oxygens (including phenoxy) is 1. The Morgan fingerprint density at radius 2 is 1.93 bits per heavy atom. The second-order valence-corrected chi connectivity index (χ2v) is 2.44. The van der Waals surface area contributed by atoms with Crippen LogP contribution in [-0.2, 0) is 0 Å². The van der Waals surface area contributed by atoms with Crippen LogP contribution in [0, 0.1) is 0 Å². The van der Waals surface area contributed by atoms with Gasteiger partial charge < -0.3 is 15.9 Å². The third-order valence-electron chi connectivity index (χ3n) is 1.41. The standard InChI is InChI=1S/C7H8F3N3O/c8-7(9,10)14-4-1-2-5(11)6(3-4)13-12/h1-3,13H,11-12H2. The van der Waals surface area contributed by atoms with Gasteiger partial charge in [0.2, 0.25) is 0 Å². The summed E-state index contributed by atoms with van der Waals surface area (Å²) in [5.74, 6) is 4.64. The Labute approximate surface area is 77.6 Å². The highest BCUT2D eigenvalue weighted by molar-refractivity contribution is 5.67. The SMILES string of the molecule is NNc1cc(OC(F)(F)F)ccc1N. The van der Waals surface area contributed by atoms with E-state index in [-0.39, 0.29) is 17.1 Å². The Kier molecular flexibility index (Phi) is 2.70. The number of nitrogens with two attached hydrogens (primary N) is 2. The molecule has 0 saturated heterocycles. The minimum absolute atomic E-state index is 0.173. The van der Waals surface area contributed by atoms with Gasteiger partial charge in [-0.05, 0) is 12.1 Å². The van der Waals surface area contributed by atoms with Crippen LogP contribution in [-0.4, -0.2) is 6.36 Å². The maximum Gasteiger partial charge on any atom is 0.573 e. The highest BCUT2D eigenvalue weighted by Crippen LogP contribution is 2.28. The molecule has 1 aromatic rings. The van der Waals surface area contributed by atoms with Gasteiger partial charge in [-0.15, -0.1) is 13.2 Å². The summed E-state index contributed by atoms with van der Waals surface area (Å²) in [4.78, 5) is 0. The van der Waals surface area contributed by atoms with Gasteiger partial charge in [0.1, 0.15) is 5.75 Å². The van der Waals surface area contributed by atoms with Crippen LogP contribution in [0.25, 0.3) is 0 Å². The lowest BCUT2D eigenvalue weighted by atomic mass is 10.2. The van der Waals surface area contributed by atoms with Crippen molar-refractivity contribution in [2.75, 3.05) is 11.2 Å². The highest BCUT2D eigenvalue weighted by atomic mass is 19.4. The number of rotatable bonds is 2. The summed E-state index contributed by atoms with van der Waals surface area (Å²) in [6, 6.07) is 3.42. The molecule has 0 aromatic heterocycles. The molecule has 4 nitrogen and oxygen atoms in total. The van der Waals surface area contributed by atoms with Gasteiger partial charge in [-0.1, -0.05) is 0 Å². The lowest BCUT2D eigenvalue weighted by Gasteiger charge is -2.11. The first kappa shape index (κ1) is 10.5. The van der Waals surface area contributed by atoms with Gasteiger partial charge in [0.25, 0.3) is 0 Å². The molecule has 0 spiro atoms. The minimum atomic E-state index is -4.72. The minimum Gasteiger partial charge on any atom is -0.406 e. The number of hydrogen-bond donors (Lipinski definition) is 3. The van der Waals surface area contributed by atoms with Crippen LogP contribution in [0.3, 0.4) is 0 Å². The van der Waals surface area contributed by atoms with Gasteiger partial charge in [0.15, 0.2) is 0 Å². The number of nitrogens with one attached hydrogen (secondary N) is 1. The van der Waals surface area contributed by atoms with Crippen molar-refractivity contribution >= 4 is 11.4 Å². The summed E-state index contributed by atoms with van der Waals surface area (Å²) in [6.45, 7) is 0. The molecule has 0 heterocycles. The predicted molar refractivity (Wildman–Crippen MR) is 45.3 cm³/mol. The van der Waals surface area contributed by atoms with Crippen LogP contribution < -0.4 is 21.7 Å². The van der Waals surface area contributed by atoms with Gasteiger partial charge in [0, 0.05) is 6.07 Å². The number of hydrazine groups is 1. The van der Waals surface area contributed by atoms with E-state index >= 15 is 0 Å². The second kappa shape index (κ2) is 3.62.